The van der Waals surface area contributed by atoms with E-state index in [9.17, 15) is 0 Å². The first-order valence-corrected chi connectivity index (χ1v) is 5.31. The van der Waals surface area contributed by atoms with Gasteiger partial charge in [0.1, 0.15) is 0 Å². The van der Waals surface area contributed by atoms with E-state index in [0.717, 1.165) is 12.4 Å². The van der Waals surface area contributed by atoms with E-state index in [0.29, 0.717) is 5.69 Å². The summed E-state index contributed by atoms with van der Waals surface area (Å²) < 4.78 is 0. The number of aliphatic imine (C=N–C) groups is 1. The summed E-state index contributed by atoms with van der Waals surface area (Å²) >= 11 is 0. The molecule has 1 aliphatic heterocycles. The second-order valence-electron chi connectivity index (χ2n) is 3.77. The minimum atomic E-state index is 0.675. The number of hydrogen-bond acceptors (Lipinski definition) is 4. The Kier molecular flexibility index (Phi) is 3.29. The summed E-state index contributed by atoms with van der Waals surface area (Å²) in [6, 6.07) is 3.64. The number of pyridine rings is 1. The minimum absolute atomic E-state index is 0.675. The SMILES string of the molecule is Nc1ccc(/N=C\CN2CCCC2)nc1. The van der Waals surface area contributed by atoms with Crippen LogP contribution in [0.2, 0.25) is 0 Å². The van der Waals surface area contributed by atoms with E-state index >= 15 is 0 Å². The Balaban J connectivity index is 1.85. The molecule has 0 spiro atoms. The summed E-state index contributed by atoms with van der Waals surface area (Å²) in [5.74, 6) is 0.725. The lowest BCUT2D eigenvalue weighted by Crippen LogP contribution is -2.21. The number of likely N-dealkylation sites (tertiary alicyclic amines) is 1. The number of nitrogens with zero attached hydrogens (tertiary/aromatic N) is 3. The molecule has 2 N–H and O–H groups in total. The second kappa shape index (κ2) is 4.89. The van der Waals surface area contributed by atoms with Gasteiger partial charge in [-0.1, -0.05) is 0 Å². The predicted molar refractivity (Wildman–Crippen MR) is 62.5 cm³/mol. The average molecular weight is 204 g/mol. The van der Waals surface area contributed by atoms with Crippen molar-refractivity contribution in [1.29, 1.82) is 0 Å². The molecule has 80 valence electrons. The van der Waals surface area contributed by atoms with Crippen molar-refractivity contribution < 1.29 is 0 Å². The van der Waals surface area contributed by atoms with Gasteiger partial charge in [-0.25, -0.2) is 9.98 Å². The summed E-state index contributed by atoms with van der Waals surface area (Å²) in [6.45, 7) is 3.31. The Bertz CT molecular complexity index is 325. The zero-order chi connectivity index (χ0) is 10.5. The monoisotopic (exact) mass is 204 g/mol. The Hall–Kier alpha value is -1.42. The molecular formula is C11H16N4. The van der Waals surface area contributed by atoms with Gasteiger partial charge in [-0.2, -0.15) is 0 Å². The normalized spacial score (nSPS) is 17.6. The summed E-state index contributed by atoms with van der Waals surface area (Å²) in [5.41, 5.74) is 6.21. The number of nitrogens with two attached hydrogens (primary N) is 1. The second-order valence-corrected chi connectivity index (χ2v) is 3.77. The summed E-state index contributed by atoms with van der Waals surface area (Å²) in [7, 11) is 0. The van der Waals surface area contributed by atoms with Crippen molar-refractivity contribution in [1.82, 2.24) is 9.88 Å². The van der Waals surface area contributed by atoms with E-state index in [-0.39, 0.29) is 0 Å². The molecule has 1 saturated heterocycles. The van der Waals surface area contributed by atoms with Crippen molar-refractivity contribution in [2.45, 2.75) is 12.8 Å². The van der Waals surface area contributed by atoms with Gasteiger partial charge in [-0.15, -0.1) is 0 Å². The van der Waals surface area contributed by atoms with Crippen LogP contribution in [0.3, 0.4) is 0 Å². The first kappa shape index (κ1) is 10.1. The van der Waals surface area contributed by atoms with Gasteiger partial charge in [0.15, 0.2) is 5.82 Å². The molecule has 0 unspecified atom stereocenters. The molecule has 0 atom stereocenters. The number of aromatic nitrogens is 1. The maximum atomic E-state index is 5.53. The fraction of sp³-hybridized carbons (Fsp3) is 0.455. The van der Waals surface area contributed by atoms with Gasteiger partial charge >= 0.3 is 0 Å². The standard InChI is InChI=1S/C11H16N4/c12-10-3-4-11(14-9-10)13-5-8-15-6-1-2-7-15/h3-5,9H,1-2,6-8,12H2/b13-5-. The molecular weight excluding hydrogens is 188 g/mol. The van der Waals surface area contributed by atoms with Gasteiger partial charge in [-0.3, -0.25) is 4.90 Å². The molecule has 1 aromatic heterocycles. The Labute approximate surface area is 89.8 Å². The number of rotatable bonds is 3. The van der Waals surface area contributed by atoms with Crippen LogP contribution in [0, 0.1) is 0 Å². The van der Waals surface area contributed by atoms with Crippen LogP contribution in [0.5, 0.6) is 0 Å². The van der Waals surface area contributed by atoms with Gasteiger partial charge in [0.25, 0.3) is 0 Å². The van der Waals surface area contributed by atoms with E-state index in [2.05, 4.69) is 14.9 Å². The Morgan fingerprint density at radius 3 is 2.87 bits per heavy atom. The van der Waals surface area contributed by atoms with Crippen molar-refractivity contribution in [3.8, 4) is 0 Å². The predicted octanol–water partition coefficient (Wildman–Crippen LogP) is 1.46. The third kappa shape index (κ3) is 3.02. The quantitative estimate of drug-likeness (QED) is 0.758. The topological polar surface area (TPSA) is 54.5 Å². The van der Waals surface area contributed by atoms with Crippen LogP contribution < -0.4 is 5.73 Å². The molecule has 0 radical (unpaired) electrons. The number of nitrogen functional groups attached to an aromatic ring is 1. The summed E-state index contributed by atoms with van der Waals surface area (Å²) in [6.07, 6.45) is 6.17. The molecule has 15 heavy (non-hydrogen) atoms. The lowest BCUT2D eigenvalue weighted by atomic mass is 10.4. The molecule has 1 fully saturated rings. The molecule has 0 bridgehead atoms. The Morgan fingerprint density at radius 2 is 2.20 bits per heavy atom. The molecule has 4 nitrogen and oxygen atoms in total. The van der Waals surface area contributed by atoms with Gasteiger partial charge in [-0.05, 0) is 38.1 Å². The zero-order valence-corrected chi connectivity index (χ0v) is 8.76. The van der Waals surface area contributed by atoms with Gasteiger partial charge in [0.05, 0.1) is 11.9 Å². The molecule has 2 heterocycles. The van der Waals surface area contributed by atoms with Gasteiger partial charge in [0, 0.05) is 12.8 Å². The van der Waals surface area contributed by atoms with Crippen molar-refractivity contribution >= 4 is 17.7 Å². The molecule has 0 aliphatic carbocycles. The third-order valence-corrected chi connectivity index (χ3v) is 2.53. The first-order chi connectivity index (χ1) is 7.34. The average Bonchev–Trinajstić information content (AvgIpc) is 2.74. The fourth-order valence-corrected chi connectivity index (χ4v) is 1.69. The highest BCUT2D eigenvalue weighted by Crippen LogP contribution is 2.09. The third-order valence-electron chi connectivity index (χ3n) is 2.53. The molecule has 4 heteroatoms. The van der Waals surface area contributed by atoms with Crippen molar-refractivity contribution in [3.63, 3.8) is 0 Å². The van der Waals surface area contributed by atoms with E-state index in [1.54, 1.807) is 6.20 Å². The maximum absolute atomic E-state index is 5.53. The lowest BCUT2D eigenvalue weighted by Gasteiger charge is -2.09. The number of anilines is 1. The fourth-order valence-electron chi connectivity index (χ4n) is 1.69. The smallest absolute Gasteiger partial charge is 0.151 e. The van der Waals surface area contributed by atoms with Crippen LogP contribution >= 0.6 is 0 Å². The first-order valence-electron chi connectivity index (χ1n) is 5.31. The molecule has 1 aliphatic rings. The molecule has 0 saturated carbocycles. The van der Waals surface area contributed by atoms with Crippen LogP contribution in [0.4, 0.5) is 11.5 Å². The highest BCUT2D eigenvalue weighted by molar-refractivity contribution is 5.64. The Morgan fingerprint density at radius 1 is 1.40 bits per heavy atom. The molecule has 0 amide bonds. The summed E-state index contributed by atoms with van der Waals surface area (Å²) in [5, 5.41) is 0. The zero-order valence-electron chi connectivity index (χ0n) is 8.76. The van der Waals surface area contributed by atoms with E-state index in [1.165, 1.54) is 25.9 Å². The van der Waals surface area contributed by atoms with E-state index in [1.807, 2.05) is 18.3 Å². The van der Waals surface area contributed by atoms with Crippen molar-refractivity contribution in [2.24, 2.45) is 4.99 Å². The lowest BCUT2D eigenvalue weighted by molar-refractivity contribution is 0.391. The van der Waals surface area contributed by atoms with Crippen LogP contribution in [-0.2, 0) is 0 Å². The van der Waals surface area contributed by atoms with Crippen LogP contribution in [-0.4, -0.2) is 35.7 Å². The van der Waals surface area contributed by atoms with E-state index in [4.69, 9.17) is 5.73 Å². The highest BCUT2D eigenvalue weighted by atomic mass is 15.1. The summed E-state index contributed by atoms with van der Waals surface area (Å²) in [4.78, 5) is 10.8. The van der Waals surface area contributed by atoms with E-state index < -0.39 is 0 Å². The van der Waals surface area contributed by atoms with Gasteiger partial charge < -0.3 is 5.73 Å². The number of hydrogen-bond donors (Lipinski definition) is 1. The van der Waals surface area contributed by atoms with Crippen LogP contribution in [0.1, 0.15) is 12.8 Å². The van der Waals surface area contributed by atoms with Crippen molar-refractivity contribution in [2.75, 3.05) is 25.4 Å². The van der Waals surface area contributed by atoms with Crippen LogP contribution in [0.15, 0.2) is 23.3 Å². The molecule has 2 rings (SSSR count). The molecule has 0 aromatic carbocycles. The van der Waals surface area contributed by atoms with Gasteiger partial charge in [0.2, 0.25) is 0 Å². The minimum Gasteiger partial charge on any atom is -0.397 e. The highest BCUT2D eigenvalue weighted by Gasteiger charge is 2.08. The van der Waals surface area contributed by atoms with Crippen molar-refractivity contribution in [3.05, 3.63) is 18.3 Å². The molecule has 1 aromatic rings. The van der Waals surface area contributed by atoms with Crippen LogP contribution in [0.25, 0.3) is 0 Å². The largest absolute Gasteiger partial charge is 0.397 e. The maximum Gasteiger partial charge on any atom is 0.151 e.